The van der Waals surface area contributed by atoms with Gasteiger partial charge in [0.15, 0.2) is 0 Å². The van der Waals surface area contributed by atoms with Crippen molar-refractivity contribution in [2.45, 2.75) is 0 Å². The molecule has 4 heteroatoms. The number of rotatable bonds is 3. The van der Waals surface area contributed by atoms with Gasteiger partial charge in [-0.3, -0.25) is 0 Å². The average molecular weight is 244 g/mol. The van der Waals surface area contributed by atoms with Crippen molar-refractivity contribution in [2.75, 3.05) is 7.11 Å². The number of phenolic OH excluding ortho intramolecular Hbond substituents is 1. The highest BCUT2D eigenvalue weighted by atomic mass is 16.5. The van der Waals surface area contributed by atoms with Crippen LogP contribution in [0, 0.1) is 0 Å². The zero-order valence-corrected chi connectivity index (χ0v) is 9.75. The van der Waals surface area contributed by atoms with E-state index in [0.29, 0.717) is 16.9 Å². The second-order valence-corrected chi connectivity index (χ2v) is 3.73. The number of carbonyl (C=O) groups is 1. The molecule has 0 bridgehead atoms. The van der Waals surface area contributed by atoms with E-state index in [1.165, 1.54) is 18.2 Å². The Morgan fingerprint density at radius 3 is 2.33 bits per heavy atom. The van der Waals surface area contributed by atoms with Gasteiger partial charge in [-0.2, -0.15) is 0 Å². The molecule has 0 amide bonds. The number of hydrogen-bond donors (Lipinski definition) is 2. The molecule has 0 fully saturated rings. The lowest BCUT2D eigenvalue weighted by Gasteiger charge is -2.09. The lowest BCUT2D eigenvalue weighted by atomic mass is 9.98. The molecule has 0 saturated carbocycles. The van der Waals surface area contributed by atoms with Crippen molar-refractivity contribution >= 4 is 5.97 Å². The van der Waals surface area contributed by atoms with E-state index in [1.807, 2.05) is 0 Å². The summed E-state index contributed by atoms with van der Waals surface area (Å²) in [6, 6.07) is 11.3. The maximum atomic E-state index is 11.1. The zero-order chi connectivity index (χ0) is 13.1. The Hall–Kier alpha value is -2.49. The second kappa shape index (κ2) is 4.79. The highest BCUT2D eigenvalue weighted by molar-refractivity contribution is 5.97. The van der Waals surface area contributed by atoms with Crippen molar-refractivity contribution < 1.29 is 19.7 Å². The normalized spacial score (nSPS) is 10.1. The van der Waals surface area contributed by atoms with E-state index >= 15 is 0 Å². The van der Waals surface area contributed by atoms with E-state index in [1.54, 1.807) is 31.4 Å². The number of hydrogen-bond acceptors (Lipinski definition) is 3. The van der Waals surface area contributed by atoms with Crippen molar-refractivity contribution in [3.05, 3.63) is 48.0 Å². The molecule has 0 atom stereocenters. The summed E-state index contributed by atoms with van der Waals surface area (Å²) < 4.78 is 5.03. The van der Waals surface area contributed by atoms with E-state index in [0.717, 1.165) is 0 Å². The smallest absolute Gasteiger partial charge is 0.336 e. The van der Waals surface area contributed by atoms with E-state index in [4.69, 9.17) is 9.84 Å². The molecule has 0 aliphatic heterocycles. The SMILES string of the molecule is COc1ccc(-c2c(O)cccc2C(=O)O)cc1. The molecule has 92 valence electrons. The minimum atomic E-state index is -1.07. The molecule has 0 aliphatic rings. The van der Waals surface area contributed by atoms with Gasteiger partial charge in [0.1, 0.15) is 11.5 Å². The Labute approximate surface area is 104 Å². The number of aromatic hydroxyl groups is 1. The van der Waals surface area contributed by atoms with Gasteiger partial charge < -0.3 is 14.9 Å². The van der Waals surface area contributed by atoms with Crippen molar-refractivity contribution in [1.29, 1.82) is 0 Å². The van der Waals surface area contributed by atoms with Crippen molar-refractivity contribution in [3.63, 3.8) is 0 Å². The number of methoxy groups -OCH3 is 1. The van der Waals surface area contributed by atoms with Crippen LogP contribution in [0.2, 0.25) is 0 Å². The zero-order valence-electron chi connectivity index (χ0n) is 9.75. The van der Waals surface area contributed by atoms with Crippen LogP contribution < -0.4 is 4.74 Å². The Balaban J connectivity index is 2.58. The van der Waals surface area contributed by atoms with E-state index in [-0.39, 0.29) is 11.3 Å². The average Bonchev–Trinajstić information content (AvgIpc) is 2.38. The summed E-state index contributed by atoms with van der Waals surface area (Å²) in [6.45, 7) is 0. The maximum Gasteiger partial charge on any atom is 0.336 e. The molecule has 2 rings (SSSR count). The fourth-order valence-electron chi connectivity index (χ4n) is 1.78. The number of aromatic carboxylic acids is 1. The number of phenols is 1. The Kier molecular flexibility index (Phi) is 3.19. The van der Waals surface area contributed by atoms with Crippen molar-refractivity contribution in [3.8, 4) is 22.6 Å². The summed E-state index contributed by atoms with van der Waals surface area (Å²) in [5.74, 6) is -0.456. The molecule has 2 aromatic carbocycles. The van der Waals surface area contributed by atoms with Gasteiger partial charge >= 0.3 is 5.97 Å². The Morgan fingerprint density at radius 1 is 1.11 bits per heavy atom. The summed E-state index contributed by atoms with van der Waals surface area (Å²) in [5.41, 5.74) is 1.01. The molecule has 0 aliphatic carbocycles. The molecule has 0 aromatic heterocycles. The first kappa shape index (κ1) is 12.0. The summed E-state index contributed by atoms with van der Waals surface area (Å²) >= 11 is 0. The third-order valence-corrected chi connectivity index (χ3v) is 2.65. The summed E-state index contributed by atoms with van der Waals surface area (Å²) in [5, 5.41) is 18.9. The first-order valence-electron chi connectivity index (χ1n) is 5.33. The van der Waals surface area contributed by atoms with Gasteiger partial charge in [0.25, 0.3) is 0 Å². The third kappa shape index (κ3) is 2.13. The van der Waals surface area contributed by atoms with Gasteiger partial charge in [-0.05, 0) is 29.8 Å². The quantitative estimate of drug-likeness (QED) is 0.871. The number of ether oxygens (including phenoxy) is 1. The Morgan fingerprint density at radius 2 is 1.78 bits per heavy atom. The van der Waals surface area contributed by atoms with Crippen LogP contribution in [0.25, 0.3) is 11.1 Å². The predicted octanol–water partition coefficient (Wildman–Crippen LogP) is 2.77. The fourth-order valence-corrected chi connectivity index (χ4v) is 1.78. The topological polar surface area (TPSA) is 66.8 Å². The first-order chi connectivity index (χ1) is 8.63. The van der Waals surface area contributed by atoms with Crippen LogP contribution in [-0.4, -0.2) is 23.3 Å². The van der Waals surface area contributed by atoms with E-state index < -0.39 is 5.97 Å². The minimum Gasteiger partial charge on any atom is -0.507 e. The van der Waals surface area contributed by atoms with Gasteiger partial charge in [0.2, 0.25) is 0 Å². The number of benzene rings is 2. The van der Waals surface area contributed by atoms with Crippen LogP contribution in [0.15, 0.2) is 42.5 Å². The molecular formula is C14H12O4. The monoisotopic (exact) mass is 244 g/mol. The predicted molar refractivity (Wildman–Crippen MR) is 67.1 cm³/mol. The van der Waals surface area contributed by atoms with Crippen LogP contribution >= 0.6 is 0 Å². The molecule has 2 aromatic rings. The molecular weight excluding hydrogens is 232 g/mol. The van der Waals surface area contributed by atoms with Gasteiger partial charge in [-0.1, -0.05) is 18.2 Å². The van der Waals surface area contributed by atoms with Crippen LogP contribution in [0.4, 0.5) is 0 Å². The summed E-state index contributed by atoms with van der Waals surface area (Å²) in [7, 11) is 1.55. The molecule has 2 N–H and O–H groups in total. The second-order valence-electron chi connectivity index (χ2n) is 3.73. The molecule has 0 saturated heterocycles. The van der Waals surface area contributed by atoms with Crippen LogP contribution in [0.1, 0.15) is 10.4 Å². The van der Waals surface area contributed by atoms with Crippen LogP contribution in [0.5, 0.6) is 11.5 Å². The highest BCUT2D eigenvalue weighted by Crippen LogP contribution is 2.33. The van der Waals surface area contributed by atoms with Gasteiger partial charge in [-0.15, -0.1) is 0 Å². The first-order valence-corrected chi connectivity index (χ1v) is 5.33. The van der Waals surface area contributed by atoms with Crippen LogP contribution in [-0.2, 0) is 0 Å². The molecule has 0 spiro atoms. The van der Waals surface area contributed by atoms with Gasteiger partial charge in [0.05, 0.1) is 12.7 Å². The largest absolute Gasteiger partial charge is 0.507 e. The summed E-state index contributed by atoms with van der Waals surface area (Å²) in [6.07, 6.45) is 0. The lowest BCUT2D eigenvalue weighted by Crippen LogP contribution is -1.99. The van der Waals surface area contributed by atoms with E-state index in [2.05, 4.69) is 0 Å². The highest BCUT2D eigenvalue weighted by Gasteiger charge is 2.15. The minimum absolute atomic E-state index is 0.0555. The summed E-state index contributed by atoms with van der Waals surface area (Å²) in [4.78, 5) is 11.1. The van der Waals surface area contributed by atoms with Crippen molar-refractivity contribution in [2.24, 2.45) is 0 Å². The molecule has 0 unspecified atom stereocenters. The van der Waals surface area contributed by atoms with Crippen LogP contribution in [0.3, 0.4) is 0 Å². The number of carboxylic acid groups (broad SMARTS) is 1. The fraction of sp³-hybridized carbons (Fsp3) is 0.0714. The molecule has 18 heavy (non-hydrogen) atoms. The number of carboxylic acids is 1. The van der Waals surface area contributed by atoms with E-state index in [9.17, 15) is 9.90 Å². The molecule has 0 radical (unpaired) electrons. The molecule has 4 nitrogen and oxygen atoms in total. The van der Waals surface area contributed by atoms with Crippen molar-refractivity contribution in [1.82, 2.24) is 0 Å². The molecule has 0 heterocycles. The third-order valence-electron chi connectivity index (χ3n) is 2.65. The van der Waals surface area contributed by atoms with Gasteiger partial charge in [0, 0.05) is 5.56 Å². The lowest BCUT2D eigenvalue weighted by molar-refractivity contribution is 0.0697. The standard InChI is InChI=1S/C14H12O4/c1-18-10-7-5-9(6-8-10)13-11(14(16)17)3-2-4-12(13)15/h2-8,15H,1H3,(H,16,17). The Bertz CT molecular complexity index is 573. The van der Waals surface area contributed by atoms with Gasteiger partial charge in [-0.25, -0.2) is 4.79 Å². The maximum absolute atomic E-state index is 11.1.